The molecule has 1 fully saturated rings. The van der Waals surface area contributed by atoms with E-state index in [1.54, 1.807) is 0 Å². The molecule has 1 rings (SSSR count). The molecule has 64 valence electrons. The minimum atomic E-state index is 0.131. The van der Waals surface area contributed by atoms with Gasteiger partial charge in [-0.2, -0.15) is 0 Å². The molecule has 2 atom stereocenters. The van der Waals surface area contributed by atoms with E-state index in [0.29, 0.717) is 6.04 Å². The average molecular weight is 155 g/mol. The zero-order chi connectivity index (χ0) is 8.65. The summed E-state index contributed by atoms with van der Waals surface area (Å²) in [6, 6.07) is 0.366. The molecule has 2 nitrogen and oxygen atoms in total. The first-order valence-electron chi connectivity index (χ1n) is 4.30. The summed E-state index contributed by atoms with van der Waals surface area (Å²) in [5, 5.41) is 3.00. The zero-order valence-corrected chi connectivity index (χ0v) is 7.77. The van der Waals surface area contributed by atoms with Gasteiger partial charge in [0.25, 0.3) is 0 Å². The monoisotopic (exact) mass is 155 g/mol. The molecule has 1 heterocycles. The number of hydrogen-bond donors (Lipinski definition) is 1. The van der Waals surface area contributed by atoms with Crippen LogP contribution in [-0.2, 0) is 4.79 Å². The van der Waals surface area contributed by atoms with E-state index in [1.165, 1.54) is 0 Å². The molecule has 0 bridgehead atoms. The van der Waals surface area contributed by atoms with Crippen molar-refractivity contribution >= 4 is 5.91 Å². The van der Waals surface area contributed by atoms with Crippen LogP contribution in [0.15, 0.2) is 0 Å². The van der Waals surface area contributed by atoms with Gasteiger partial charge in [0, 0.05) is 12.0 Å². The molecule has 1 aliphatic rings. The standard InChI is InChI=1S/C9H17NO/c1-5-7-9(3,4)6(2)8(11)10-7/h6-7H,5H2,1-4H3,(H,10,11). The Morgan fingerprint density at radius 1 is 1.55 bits per heavy atom. The number of hydrogen-bond acceptors (Lipinski definition) is 1. The number of carbonyl (C=O) groups excluding carboxylic acids is 1. The zero-order valence-electron chi connectivity index (χ0n) is 7.77. The van der Waals surface area contributed by atoms with Crippen molar-refractivity contribution in [2.45, 2.75) is 40.2 Å². The SMILES string of the molecule is CCC1NC(=O)C(C)C1(C)C. The van der Waals surface area contributed by atoms with Gasteiger partial charge in [-0.25, -0.2) is 0 Å². The second kappa shape index (κ2) is 2.50. The molecular weight excluding hydrogens is 138 g/mol. The van der Waals surface area contributed by atoms with Gasteiger partial charge in [0.1, 0.15) is 0 Å². The molecule has 0 aromatic rings. The highest BCUT2D eigenvalue weighted by Gasteiger charge is 2.44. The van der Waals surface area contributed by atoms with Crippen molar-refractivity contribution in [1.82, 2.24) is 5.32 Å². The maximum atomic E-state index is 11.2. The highest BCUT2D eigenvalue weighted by Crippen LogP contribution is 2.37. The summed E-state index contributed by atoms with van der Waals surface area (Å²) in [6.45, 7) is 8.43. The third kappa shape index (κ3) is 1.15. The van der Waals surface area contributed by atoms with Crippen LogP contribution in [0, 0.1) is 11.3 Å². The summed E-state index contributed by atoms with van der Waals surface area (Å²) in [6.07, 6.45) is 1.03. The number of amides is 1. The Balaban J connectivity index is 2.82. The predicted octanol–water partition coefficient (Wildman–Crippen LogP) is 1.56. The lowest BCUT2D eigenvalue weighted by Gasteiger charge is -2.27. The third-order valence-electron chi connectivity index (χ3n) is 3.13. The van der Waals surface area contributed by atoms with Gasteiger partial charge in [0.15, 0.2) is 0 Å². The van der Waals surface area contributed by atoms with Gasteiger partial charge in [-0.1, -0.05) is 27.7 Å². The first-order valence-corrected chi connectivity index (χ1v) is 4.30. The lowest BCUT2D eigenvalue weighted by atomic mass is 9.77. The van der Waals surface area contributed by atoms with Gasteiger partial charge in [0.05, 0.1) is 0 Å². The minimum Gasteiger partial charge on any atom is -0.353 e. The average Bonchev–Trinajstić information content (AvgIpc) is 2.13. The first kappa shape index (κ1) is 8.57. The van der Waals surface area contributed by atoms with E-state index in [1.807, 2.05) is 6.92 Å². The van der Waals surface area contributed by atoms with Gasteiger partial charge in [-0.15, -0.1) is 0 Å². The summed E-state index contributed by atoms with van der Waals surface area (Å²) < 4.78 is 0. The Hall–Kier alpha value is -0.530. The number of rotatable bonds is 1. The van der Waals surface area contributed by atoms with Crippen molar-refractivity contribution in [2.24, 2.45) is 11.3 Å². The van der Waals surface area contributed by atoms with Gasteiger partial charge in [-0.3, -0.25) is 4.79 Å². The van der Waals surface area contributed by atoms with Crippen LogP contribution in [0.4, 0.5) is 0 Å². The molecule has 1 aliphatic heterocycles. The summed E-state index contributed by atoms with van der Waals surface area (Å²) in [5.41, 5.74) is 0.131. The molecule has 0 radical (unpaired) electrons. The summed E-state index contributed by atoms with van der Waals surface area (Å²) >= 11 is 0. The lowest BCUT2D eigenvalue weighted by Crippen LogP contribution is -2.33. The van der Waals surface area contributed by atoms with Crippen molar-refractivity contribution in [2.75, 3.05) is 0 Å². The van der Waals surface area contributed by atoms with E-state index in [2.05, 4.69) is 26.1 Å². The van der Waals surface area contributed by atoms with Crippen LogP contribution in [0.2, 0.25) is 0 Å². The Morgan fingerprint density at radius 3 is 2.27 bits per heavy atom. The maximum absolute atomic E-state index is 11.2. The van der Waals surface area contributed by atoms with Gasteiger partial charge >= 0.3 is 0 Å². The minimum absolute atomic E-state index is 0.131. The van der Waals surface area contributed by atoms with Crippen LogP contribution < -0.4 is 5.32 Å². The molecule has 2 heteroatoms. The first-order chi connectivity index (χ1) is 5.00. The summed E-state index contributed by atoms with van der Waals surface area (Å²) in [7, 11) is 0. The molecule has 0 spiro atoms. The van der Waals surface area contributed by atoms with Crippen LogP contribution in [-0.4, -0.2) is 11.9 Å². The van der Waals surface area contributed by atoms with E-state index >= 15 is 0 Å². The fraction of sp³-hybridized carbons (Fsp3) is 0.889. The van der Waals surface area contributed by atoms with Crippen molar-refractivity contribution in [3.8, 4) is 0 Å². The van der Waals surface area contributed by atoms with E-state index in [0.717, 1.165) is 6.42 Å². The predicted molar refractivity (Wildman–Crippen MR) is 45.2 cm³/mol. The Kier molecular flexibility index (Phi) is 1.95. The number of nitrogens with one attached hydrogen (secondary N) is 1. The van der Waals surface area contributed by atoms with E-state index in [-0.39, 0.29) is 17.2 Å². The van der Waals surface area contributed by atoms with Gasteiger partial charge in [0.2, 0.25) is 5.91 Å². The van der Waals surface area contributed by atoms with E-state index < -0.39 is 0 Å². The molecule has 1 amide bonds. The Bertz CT molecular complexity index is 174. The summed E-state index contributed by atoms with van der Waals surface area (Å²) in [5.74, 6) is 0.370. The van der Waals surface area contributed by atoms with Crippen LogP contribution in [0.5, 0.6) is 0 Å². The molecule has 0 aromatic carbocycles. The van der Waals surface area contributed by atoms with Crippen molar-refractivity contribution in [1.29, 1.82) is 0 Å². The quantitative estimate of drug-likeness (QED) is 0.611. The molecule has 11 heavy (non-hydrogen) atoms. The molecule has 1 saturated heterocycles. The largest absolute Gasteiger partial charge is 0.353 e. The third-order valence-corrected chi connectivity index (χ3v) is 3.13. The summed E-state index contributed by atoms with van der Waals surface area (Å²) in [4.78, 5) is 11.2. The second-order valence-corrected chi connectivity index (χ2v) is 4.01. The molecule has 2 unspecified atom stereocenters. The van der Waals surface area contributed by atoms with Crippen LogP contribution in [0.25, 0.3) is 0 Å². The van der Waals surface area contributed by atoms with E-state index in [9.17, 15) is 4.79 Å². The van der Waals surface area contributed by atoms with E-state index in [4.69, 9.17) is 0 Å². The van der Waals surface area contributed by atoms with Crippen molar-refractivity contribution in [3.05, 3.63) is 0 Å². The Morgan fingerprint density at radius 2 is 2.09 bits per heavy atom. The van der Waals surface area contributed by atoms with Crippen molar-refractivity contribution in [3.63, 3.8) is 0 Å². The fourth-order valence-corrected chi connectivity index (χ4v) is 1.75. The van der Waals surface area contributed by atoms with Crippen LogP contribution >= 0.6 is 0 Å². The number of carbonyl (C=O) groups is 1. The maximum Gasteiger partial charge on any atom is 0.223 e. The molecular formula is C9H17NO. The molecule has 0 saturated carbocycles. The molecule has 0 aliphatic carbocycles. The lowest BCUT2D eigenvalue weighted by molar-refractivity contribution is -0.123. The van der Waals surface area contributed by atoms with Gasteiger partial charge < -0.3 is 5.32 Å². The smallest absolute Gasteiger partial charge is 0.223 e. The Labute approximate surface area is 68.4 Å². The van der Waals surface area contributed by atoms with Crippen LogP contribution in [0.1, 0.15) is 34.1 Å². The highest BCUT2D eigenvalue weighted by molar-refractivity contribution is 5.82. The normalized spacial score (nSPS) is 35.5. The molecule has 1 N–H and O–H groups in total. The fourth-order valence-electron chi connectivity index (χ4n) is 1.75. The molecule has 0 aromatic heterocycles. The topological polar surface area (TPSA) is 29.1 Å². The van der Waals surface area contributed by atoms with Crippen LogP contribution in [0.3, 0.4) is 0 Å². The second-order valence-electron chi connectivity index (χ2n) is 4.01. The van der Waals surface area contributed by atoms with Crippen molar-refractivity contribution < 1.29 is 4.79 Å². The van der Waals surface area contributed by atoms with Gasteiger partial charge in [-0.05, 0) is 11.8 Å². The highest BCUT2D eigenvalue weighted by atomic mass is 16.2.